The van der Waals surface area contributed by atoms with Crippen molar-refractivity contribution in [2.75, 3.05) is 13.2 Å². The van der Waals surface area contributed by atoms with Crippen LogP contribution in [-0.4, -0.2) is 35.8 Å². The summed E-state index contributed by atoms with van der Waals surface area (Å²) in [4.78, 5) is 14.0. The number of amides is 1. The first-order valence-corrected chi connectivity index (χ1v) is 10.7. The van der Waals surface area contributed by atoms with Gasteiger partial charge in [-0.05, 0) is 77.5 Å². The second kappa shape index (κ2) is 9.58. The number of hydrogen-bond donors (Lipinski definition) is 0. The van der Waals surface area contributed by atoms with E-state index in [0.29, 0.717) is 19.1 Å². The second-order valence-electron chi connectivity index (χ2n) is 8.54. The molecule has 0 bridgehead atoms. The minimum atomic E-state index is -4.42. The number of carbonyl (C=O) groups excluding carboxylic acids is 1. The Morgan fingerprint density at radius 2 is 1.97 bits per heavy atom. The summed E-state index contributed by atoms with van der Waals surface area (Å²) in [7, 11) is 0. The quantitative estimate of drug-likeness (QED) is 0.443. The maximum Gasteiger partial charge on any atom is 0.417 e. The highest BCUT2D eigenvalue weighted by Gasteiger charge is 2.33. The van der Waals surface area contributed by atoms with Gasteiger partial charge in [-0.2, -0.15) is 13.2 Å². The largest absolute Gasteiger partial charge is 0.494 e. The van der Waals surface area contributed by atoms with Crippen molar-refractivity contribution in [3.8, 4) is 5.75 Å². The van der Waals surface area contributed by atoms with Crippen molar-refractivity contribution in [3.63, 3.8) is 0 Å². The average Bonchev–Trinajstić information content (AvgIpc) is 2.57. The topological polar surface area (TPSA) is 38.8 Å². The first-order chi connectivity index (χ1) is 13.4. The van der Waals surface area contributed by atoms with Crippen LogP contribution in [-0.2, 0) is 10.9 Å². The molecule has 2 atom stereocenters. The van der Waals surface area contributed by atoms with Crippen LogP contribution >= 0.6 is 15.9 Å². The summed E-state index contributed by atoms with van der Waals surface area (Å²) < 4.78 is 49.8. The Morgan fingerprint density at radius 1 is 1.28 bits per heavy atom. The average molecular weight is 480 g/mol. The fourth-order valence-corrected chi connectivity index (χ4v) is 3.97. The molecule has 1 saturated heterocycles. The molecule has 0 spiro atoms. The number of piperidine rings is 1. The third-order valence-electron chi connectivity index (χ3n) is 4.88. The molecule has 0 unspecified atom stereocenters. The Balaban J connectivity index is 1.77. The summed E-state index contributed by atoms with van der Waals surface area (Å²) in [5.41, 5.74) is -1.25. The molecule has 0 saturated carbocycles. The van der Waals surface area contributed by atoms with E-state index >= 15 is 0 Å². The van der Waals surface area contributed by atoms with E-state index in [1.165, 1.54) is 12.1 Å². The van der Waals surface area contributed by atoms with Crippen LogP contribution in [0.4, 0.5) is 18.0 Å². The zero-order valence-corrected chi connectivity index (χ0v) is 18.9. The summed E-state index contributed by atoms with van der Waals surface area (Å²) in [6.07, 6.45) is -1.26. The number of rotatable bonds is 5. The van der Waals surface area contributed by atoms with E-state index < -0.39 is 17.3 Å². The monoisotopic (exact) mass is 479 g/mol. The van der Waals surface area contributed by atoms with Crippen molar-refractivity contribution in [3.05, 3.63) is 28.2 Å². The Kier molecular flexibility index (Phi) is 7.87. The van der Waals surface area contributed by atoms with Crippen LogP contribution in [0.15, 0.2) is 22.7 Å². The highest BCUT2D eigenvalue weighted by Crippen LogP contribution is 2.37. The molecule has 1 fully saturated rings. The summed E-state index contributed by atoms with van der Waals surface area (Å²) in [6.45, 7) is 8.60. The van der Waals surface area contributed by atoms with Gasteiger partial charge in [-0.1, -0.05) is 15.9 Å². The van der Waals surface area contributed by atoms with Gasteiger partial charge < -0.3 is 14.4 Å². The lowest BCUT2D eigenvalue weighted by Crippen LogP contribution is -2.46. The second-order valence-corrected chi connectivity index (χ2v) is 9.40. The van der Waals surface area contributed by atoms with Crippen LogP contribution in [0.1, 0.15) is 58.9 Å². The van der Waals surface area contributed by atoms with Gasteiger partial charge in [0, 0.05) is 17.1 Å². The maximum absolute atomic E-state index is 13.0. The maximum atomic E-state index is 13.0. The number of likely N-dealkylation sites (tertiary alicyclic amines) is 1. The van der Waals surface area contributed by atoms with Gasteiger partial charge in [0.05, 0.1) is 12.2 Å². The number of nitrogens with zero attached hydrogens (tertiary/aromatic N) is 1. The standard InChI is InChI=1S/C21H29BrF3NO3/c1-14-12-15(9-10-26(14)19(27)29-20(2,3)4)6-5-11-28-16-7-8-18(22)17(13-16)21(23,24)25/h7-8,13-15H,5-6,9-12H2,1-4H3/t14-,15+/m0/s1. The number of alkyl halides is 3. The van der Waals surface area contributed by atoms with E-state index in [1.807, 2.05) is 27.7 Å². The molecule has 0 aromatic heterocycles. The molecule has 1 amide bonds. The predicted molar refractivity (Wildman–Crippen MR) is 109 cm³/mol. The lowest BCUT2D eigenvalue weighted by Gasteiger charge is -2.38. The fourth-order valence-electron chi connectivity index (χ4n) is 3.50. The molecule has 8 heteroatoms. The van der Waals surface area contributed by atoms with Crippen molar-refractivity contribution in [1.82, 2.24) is 4.90 Å². The molecular weight excluding hydrogens is 451 g/mol. The smallest absolute Gasteiger partial charge is 0.417 e. The summed E-state index contributed by atoms with van der Waals surface area (Å²) in [6, 6.07) is 4.00. The molecule has 2 rings (SSSR count). The molecule has 0 radical (unpaired) electrons. The number of halogens is 4. The van der Waals surface area contributed by atoms with E-state index in [4.69, 9.17) is 9.47 Å². The molecule has 29 heavy (non-hydrogen) atoms. The molecular formula is C21H29BrF3NO3. The van der Waals surface area contributed by atoms with Crippen LogP contribution in [0.25, 0.3) is 0 Å². The number of benzene rings is 1. The third-order valence-corrected chi connectivity index (χ3v) is 5.57. The molecule has 4 nitrogen and oxygen atoms in total. The zero-order valence-electron chi connectivity index (χ0n) is 17.3. The number of carbonyl (C=O) groups is 1. The van der Waals surface area contributed by atoms with Gasteiger partial charge in [-0.25, -0.2) is 4.79 Å². The lowest BCUT2D eigenvalue weighted by atomic mass is 9.88. The molecule has 1 aromatic carbocycles. The highest BCUT2D eigenvalue weighted by molar-refractivity contribution is 9.10. The lowest BCUT2D eigenvalue weighted by molar-refractivity contribution is -0.138. The molecule has 1 heterocycles. The van der Waals surface area contributed by atoms with E-state index in [0.717, 1.165) is 31.7 Å². The Labute approximate surface area is 178 Å². The summed E-state index contributed by atoms with van der Waals surface area (Å²) in [5.74, 6) is 0.677. The van der Waals surface area contributed by atoms with Crippen LogP contribution in [0, 0.1) is 5.92 Å². The van der Waals surface area contributed by atoms with E-state index in [-0.39, 0.29) is 22.4 Å². The van der Waals surface area contributed by atoms with E-state index in [2.05, 4.69) is 15.9 Å². The summed E-state index contributed by atoms with van der Waals surface area (Å²) in [5, 5.41) is 0. The van der Waals surface area contributed by atoms with Crippen molar-refractivity contribution in [1.29, 1.82) is 0 Å². The van der Waals surface area contributed by atoms with Crippen LogP contribution < -0.4 is 4.74 Å². The first kappa shape index (κ1) is 23.8. The molecule has 164 valence electrons. The fraction of sp³-hybridized carbons (Fsp3) is 0.667. The Hall–Kier alpha value is -1.44. The van der Waals surface area contributed by atoms with Crippen molar-refractivity contribution < 1.29 is 27.4 Å². The van der Waals surface area contributed by atoms with Crippen molar-refractivity contribution in [2.45, 2.75) is 71.2 Å². The van der Waals surface area contributed by atoms with Crippen LogP contribution in [0.3, 0.4) is 0 Å². The minimum Gasteiger partial charge on any atom is -0.494 e. The molecule has 1 aromatic rings. The number of hydrogen-bond acceptors (Lipinski definition) is 3. The summed E-state index contributed by atoms with van der Waals surface area (Å²) >= 11 is 2.92. The zero-order chi connectivity index (χ0) is 21.8. The predicted octanol–water partition coefficient (Wildman–Crippen LogP) is 6.66. The van der Waals surface area contributed by atoms with Gasteiger partial charge in [0.1, 0.15) is 11.4 Å². The van der Waals surface area contributed by atoms with Gasteiger partial charge in [-0.15, -0.1) is 0 Å². The van der Waals surface area contributed by atoms with Gasteiger partial charge in [0.2, 0.25) is 0 Å². The minimum absolute atomic E-state index is 0.00286. The van der Waals surface area contributed by atoms with Crippen LogP contribution in [0.2, 0.25) is 0 Å². The van der Waals surface area contributed by atoms with Gasteiger partial charge in [0.15, 0.2) is 0 Å². The molecule has 1 aliphatic rings. The first-order valence-electron chi connectivity index (χ1n) is 9.86. The van der Waals surface area contributed by atoms with Crippen LogP contribution in [0.5, 0.6) is 5.75 Å². The SMILES string of the molecule is C[C@H]1C[C@H](CCCOc2ccc(Br)c(C(F)(F)F)c2)CCN1C(=O)OC(C)(C)C. The number of ether oxygens (including phenoxy) is 2. The van der Waals surface area contributed by atoms with E-state index in [9.17, 15) is 18.0 Å². The van der Waals surface area contributed by atoms with Crippen molar-refractivity contribution >= 4 is 22.0 Å². The third kappa shape index (κ3) is 7.39. The van der Waals surface area contributed by atoms with E-state index in [1.54, 1.807) is 4.90 Å². The van der Waals surface area contributed by atoms with Gasteiger partial charge in [-0.3, -0.25) is 0 Å². The molecule has 1 aliphatic heterocycles. The van der Waals surface area contributed by atoms with Gasteiger partial charge in [0.25, 0.3) is 0 Å². The van der Waals surface area contributed by atoms with Gasteiger partial charge >= 0.3 is 12.3 Å². The van der Waals surface area contributed by atoms with Crippen molar-refractivity contribution in [2.24, 2.45) is 5.92 Å². The highest BCUT2D eigenvalue weighted by atomic mass is 79.9. The molecule has 0 aliphatic carbocycles. The Morgan fingerprint density at radius 3 is 2.55 bits per heavy atom. The molecule has 0 N–H and O–H groups in total. The Bertz CT molecular complexity index is 703. The normalized spacial score (nSPS) is 20.5.